The van der Waals surface area contributed by atoms with E-state index in [1.807, 2.05) is 29.6 Å². The predicted octanol–water partition coefficient (Wildman–Crippen LogP) is 2.94. The number of carbonyl (C=O) groups excluding carboxylic acids is 1. The Bertz CT molecular complexity index is 1070. The van der Waals surface area contributed by atoms with Gasteiger partial charge in [0.1, 0.15) is 5.75 Å². The van der Waals surface area contributed by atoms with Crippen LogP contribution in [0, 0.1) is 0 Å². The van der Waals surface area contributed by atoms with Crippen molar-refractivity contribution in [2.24, 2.45) is 5.73 Å². The van der Waals surface area contributed by atoms with E-state index in [0.29, 0.717) is 28.6 Å². The second kappa shape index (κ2) is 10.4. The lowest BCUT2D eigenvalue weighted by molar-refractivity contribution is -0.120. The Hall–Kier alpha value is -3.14. The number of methoxy groups -OCH3 is 4. The molecular weight excluding hydrogens is 432 g/mol. The van der Waals surface area contributed by atoms with Crippen LogP contribution in [0.2, 0.25) is 0 Å². The monoisotopic (exact) mass is 458 g/mol. The summed E-state index contributed by atoms with van der Waals surface area (Å²) in [7, 11) is 6.23. The number of aliphatic hydroxyl groups is 1. The summed E-state index contributed by atoms with van der Waals surface area (Å²) in [5.74, 6) is 1.88. The molecule has 1 heterocycles. The Kier molecular flexibility index (Phi) is 7.68. The van der Waals surface area contributed by atoms with E-state index >= 15 is 0 Å². The number of carbonyl (C=O) groups is 1. The molecule has 9 heteroatoms. The van der Waals surface area contributed by atoms with Crippen molar-refractivity contribution in [3.8, 4) is 45.4 Å². The lowest BCUT2D eigenvalue weighted by Gasteiger charge is -2.15. The third-order valence-electron chi connectivity index (χ3n) is 5.07. The van der Waals surface area contributed by atoms with Gasteiger partial charge in [0.15, 0.2) is 17.3 Å². The maximum atomic E-state index is 12.3. The van der Waals surface area contributed by atoms with Gasteiger partial charge in [-0.25, -0.2) is 0 Å². The fourth-order valence-corrected chi connectivity index (χ4v) is 4.09. The molecular formula is C23H26N2O6S. The van der Waals surface area contributed by atoms with E-state index in [9.17, 15) is 9.90 Å². The summed E-state index contributed by atoms with van der Waals surface area (Å²) in [6.07, 6.45) is 0.0440. The van der Waals surface area contributed by atoms with Gasteiger partial charge < -0.3 is 29.8 Å². The number of nitrogens with zero attached hydrogens (tertiary/aromatic N) is 1. The van der Waals surface area contributed by atoms with Crippen molar-refractivity contribution < 1.29 is 28.8 Å². The number of ether oxygens (including phenoxy) is 4. The number of nitrogens with two attached hydrogens (primary N) is 1. The zero-order valence-corrected chi connectivity index (χ0v) is 19.2. The largest absolute Gasteiger partial charge is 0.496 e. The van der Waals surface area contributed by atoms with E-state index < -0.39 is 12.6 Å². The van der Waals surface area contributed by atoms with Gasteiger partial charge in [0.05, 0.1) is 46.8 Å². The molecule has 0 unspecified atom stereocenters. The van der Waals surface area contributed by atoms with Crippen LogP contribution in [0.3, 0.4) is 0 Å². The molecule has 0 fully saturated rings. The average molecular weight is 459 g/mol. The summed E-state index contributed by atoms with van der Waals surface area (Å²) in [6, 6.07) is 8.33. The molecule has 8 nitrogen and oxygen atoms in total. The maximum absolute atomic E-state index is 12.3. The van der Waals surface area contributed by atoms with Crippen LogP contribution in [0.15, 0.2) is 35.7 Å². The van der Waals surface area contributed by atoms with Crippen LogP contribution in [-0.2, 0) is 11.2 Å². The third-order valence-corrected chi connectivity index (χ3v) is 5.70. The number of hydrogen-bond donors (Lipinski definition) is 2. The first-order valence-corrected chi connectivity index (χ1v) is 10.6. The molecule has 170 valence electrons. The smallest absolute Gasteiger partial charge is 0.203 e. The Morgan fingerprint density at radius 2 is 1.66 bits per heavy atom. The van der Waals surface area contributed by atoms with Gasteiger partial charge >= 0.3 is 0 Å². The van der Waals surface area contributed by atoms with Crippen LogP contribution in [-0.4, -0.2) is 56.4 Å². The highest BCUT2D eigenvalue weighted by molar-refractivity contribution is 7.04. The molecule has 3 N–H and O–H groups in total. The second-order valence-electron chi connectivity index (χ2n) is 6.95. The maximum Gasteiger partial charge on any atom is 0.203 e. The molecule has 0 bridgehead atoms. The summed E-state index contributed by atoms with van der Waals surface area (Å²) >= 11 is 1.32. The summed E-state index contributed by atoms with van der Waals surface area (Å²) in [5.41, 5.74) is 9.63. The minimum absolute atomic E-state index is 0.0440. The van der Waals surface area contributed by atoms with Crippen molar-refractivity contribution >= 4 is 17.3 Å². The molecule has 1 atom stereocenters. The van der Waals surface area contributed by atoms with Crippen LogP contribution in [0.4, 0.5) is 0 Å². The van der Waals surface area contributed by atoms with Crippen molar-refractivity contribution in [3.05, 3.63) is 41.3 Å². The fraction of sp³-hybridized carbons (Fsp3) is 0.304. The molecule has 0 radical (unpaired) electrons. The number of aliphatic hydroxyl groups excluding tert-OH is 1. The van der Waals surface area contributed by atoms with Crippen molar-refractivity contribution in [1.29, 1.82) is 0 Å². The molecule has 0 amide bonds. The summed E-state index contributed by atoms with van der Waals surface area (Å²) < 4.78 is 26.4. The van der Waals surface area contributed by atoms with Crippen LogP contribution in [0.1, 0.15) is 5.56 Å². The number of aromatic nitrogens is 1. The number of rotatable bonds is 10. The quantitative estimate of drug-likeness (QED) is 0.477. The topological polar surface area (TPSA) is 113 Å². The van der Waals surface area contributed by atoms with E-state index in [-0.39, 0.29) is 12.2 Å². The third kappa shape index (κ3) is 4.69. The minimum Gasteiger partial charge on any atom is -0.496 e. The highest BCUT2D eigenvalue weighted by Gasteiger charge is 2.20. The first-order chi connectivity index (χ1) is 15.5. The first-order valence-electron chi connectivity index (χ1n) is 9.78. The molecule has 3 aromatic rings. The lowest BCUT2D eigenvalue weighted by atomic mass is 9.97. The van der Waals surface area contributed by atoms with Gasteiger partial charge in [-0.15, -0.1) is 0 Å². The Labute approximate surface area is 190 Å². The molecule has 3 rings (SSSR count). The molecule has 1 aromatic heterocycles. The van der Waals surface area contributed by atoms with E-state index in [0.717, 1.165) is 22.4 Å². The Morgan fingerprint density at radius 1 is 1.00 bits per heavy atom. The molecule has 0 aliphatic heterocycles. The molecule has 0 aliphatic carbocycles. The van der Waals surface area contributed by atoms with Crippen LogP contribution in [0.5, 0.6) is 23.0 Å². The molecule has 0 saturated carbocycles. The Balaban J connectivity index is 2.07. The highest BCUT2D eigenvalue weighted by Crippen LogP contribution is 2.43. The number of Topliss-reactive ketones (excluding diaryl/α,β-unsaturated/α-hetero) is 1. The minimum atomic E-state index is -0.933. The summed E-state index contributed by atoms with van der Waals surface area (Å²) in [6.45, 7) is -0.405. The normalized spacial score (nSPS) is 11.7. The molecule has 0 aliphatic rings. The second-order valence-corrected chi connectivity index (χ2v) is 7.58. The van der Waals surface area contributed by atoms with E-state index in [2.05, 4.69) is 4.37 Å². The van der Waals surface area contributed by atoms with Crippen molar-refractivity contribution in [3.63, 3.8) is 0 Å². The van der Waals surface area contributed by atoms with Gasteiger partial charge in [0, 0.05) is 28.5 Å². The van der Waals surface area contributed by atoms with Gasteiger partial charge in [-0.3, -0.25) is 4.79 Å². The number of benzene rings is 2. The van der Waals surface area contributed by atoms with Crippen molar-refractivity contribution in [2.45, 2.75) is 12.5 Å². The van der Waals surface area contributed by atoms with Gasteiger partial charge in [0.25, 0.3) is 0 Å². The van der Waals surface area contributed by atoms with Crippen molar-refractivity contribution in [1.82, 2.24) is 4.37 Å². The zero-order chi connectivity index (χ0) is 23.3. The Morgan fingerprint density at radius 3 is 2.22 bits per heavy atom. The lowest BCUT2D eigenvalue weighted by Crippen LogP contribution is -2.35. The molecule has 0 saturated heterocycles. The predicted molar refractivity (Wildman–Crippen MR) is 123 cm³/mol. The van der Waals surface area contributed by atoms with Crippen LogP contribution in [0.25, 0.3) is 22.4 Å². The standard InChI is InChI=1S/C23H26N2O6S/c1-28-19-6-5-13(7-15(19)8-18(27)17(24)11-26)22-16(12-32-25-22)14-9-20(29-2)23(31-4)21(10-14)30-3/h5-7,9-10,12,17,26H,8,11,24H2,1-4H3/t17-/m0/s1. The summed E-state index contributed by atoms with van der Waals surface area (Å²) in [4.78, 5) is 12.3. The average Bonchev–Trinajstić information content (AvgIpc) is 3.32. The van der Waals surface area contributed by atoms with E-state index in [4.69, 9.17) is 24.7 Å². The molecule has 2 aromatic carbocycles. The van der Waals surface area contributed by atoms with Gasteiger partial charge in [0.2, 0.25) is 5.75 Å². The van der Waals surface area contributed by atoms with Crippen molar-refractivity contribution in [2.75, 3.05) is 35.0 Å². The van der Waals surface area contributed by atoms with E-state index in [1.165, 1.54) is 11.5 Å². The van der Waals surface area contributed by atoms with Gasteiger partial charge in [-0.2, -0.15) is 4.37 Å². The van der Waals surface area contributed by atoms with E-state index in [1.54, 1.807) is 34.5 Å². The fourth-order valence-electron chi connectivity index (χ4n) is 3.37. The van der Waals surface area contributed by atoms with Crippen LogP contribution < -0.4 is 24.7 Å². The molecule has 0 spiro atoms. The highest BCUT2D eigenvalue weighted by atomic mass is 32.1. The molecule has 32 heavy (non-hydrogen) atoms. The van der Waals surface area contributed by atoms with Crippen LogP contribution >= 0.6 is 11.5 Å². The summed E-state index contributed by atoms with van der Waals surface area (Å²) in [5, 5.41) is 11.1. The SMILES string of the molecule is COc1ccc(-c2nscc2-c2cc(OC)c(OC)c(OC)c2)cc1CC(=O)[C@@H](N)CO. The first kappa shape index (κ1) is 23.5. The van der Waals surface area contributed by atoms with Gasteiger partial charge in [-0.05, 0) is 47.4 Å². The number of hydrogen-bond acceptors (Lipinski definition) is 9. The van der Waals surface area contributed by atoms with Gasteiger partial charge in [-0.1, -0.05) is 0 Å². The number of ketones is 1. The zero-order valence-electron chi connectivity index (χ0n) is 18.4.